The number of hydrogen-bond donors (Lipinski definition) is 2. The number of aromatic carboxylic acids is 1. The number of aromatic nitrogens is 1. The summed E-state index contributed by atoms with van der Waals surface area (Å²) in [7, 11) is 0. The molecule has 0 aliphatic carbocycles. The van der Waals surface area contributed by atoms with Gasteiger partial charge in [-0.1, -0.05) is 12.1 Å². The third-order valence-corrected chi connectivity index (χ3v) is 3.40. The van der Waals surface area contributed by atoms with Crippen LogP contribution in [0.4, 0.5) is 8.78 Å². The van der Waals surface area contributed by atoms with E-state index in [9.17, 15) is 18.4 Å². The smallest absolute Gasteiger partial charge is 0.337 e. The van der Waals surface area contributed by atoms with Crippen molar-refractivity contribution in [3.05, 3.63) is 64.5 Å². The van der Waals surface area contributed by atoms with Gasteiger partial charge in [0.05, 0.1) is 11.6 Å². The lowest BCUT2D eigenvalue weighted by atomic mass is 9.98. The summed E-state index contributed by atoms with van der Waals surface area (Å²) in [4.78, 5) is 25.9. The van der Waals surface area contributed by atoms with Gasteiger partial charge in [-0.05, 0) is 24.1 Å². The fourth-order valence-electron chi connectivity index (χ4n) is 2.12. The highest BCUT2D eigenvalue weighted by atomic mass is 19.2. The largest absolute Gasteiger partial charge is 0.478 e. The van der Waals surface area contributed by atoms with E-state index in [0.29, 0.717) is 5.56 Å². The first-order valence-electron chi connectivity index (χ1n) is 6.71. The third kappa shape index (κ3) is 3.57. The van der Waals surface area contributed by atoms with Gasteiger partial charge in [-0.25, -0.2) is 13.6 Å². The van der Waals surface area contributed by atoms with Gasteiger partial charge in [0.25, 0.3) is 0 Å². The Bertz CT molecular complexity index is 778. The van der Waals surface area contributed by atoms with Crippen molar-refractivity contribution in [3.63, 3.8) is 0 Å². The molecule has 23 heavy (non-hydrogen) atoms. The van der Waals surface area contributed by atoms with Crippen molar-refractivity contribution in [3.8, 4) is 0 Å². The van der Waals surface area contributed by atoms with Crippen molar-refractivity contribution in [2.24, 2.45) is 5.73 Å². The van der Waals surface area contributed by atoms with E-state index in [4.69, 9.17) is 10.8 Å². The lowest BCUT2D eigenvalue weighted by Crippen LogP contribution is -2.20. The zero-order chi connectivity index (χ0) is 17.1. The molecule has 1 heterocycles. The quantitative estimate of drug-likeness (QED) is 0.881. The number of halogens is 2. The van der Waals surface area contributed by atoms with Gasteiger partial charge in [0, 0.05) is 24.4 Å². The van der Waals surface area contributed by atoms with E-state index in [0.717, 1.165) is 6.20 Å². The molecule has 0 fully saturated rings. The van der Waals surface area contributed by atoms with E-state index < -0.39 is 29.4 Å². The van der Waals surface area contributed by atoms with E-state index in [1.807, 2.05) is 0 Å². The molecule has 3 N–H and O–H groups in total. The highest BCUT2D eigenvalue weighted by molar-refractivity contribution is 5.87. The summed E-state index contributed by atoms with van der Waals surface area (Å²) < 4.78 is 28.2. The van der Waals surface area contributed by atoms with Crippen molar-refractivity contribution >= 4 is 11.8 Å². The lowest BCUT2D eigenvalue weighted by Gasteiger charge is -2.12. The Kier molecular flexibility index (Phi) is 4.80. The van der Waals surface area contributed by atoms with Crippen LogP contribution in [0.15, 0.2) is 30.6 Å². The molecule has 0 bridgehead atoms. The number of Topliss-reactive ketones (excluding diaryl/α,β-unsaturated/α-hetero) is 1. The first kappa shape index (κ1) is 16.7. The van der Waals surface area contributed by atoms with Crippen LogP contribution in [-0.4, -0.2) is 21.8 Å². The maximum atomic E-state index is 14.2. The van der Waals surface area contributed by atoms with Crippen LogP contribution in [0.3, 0.4) is 0 Å². The van der Waals surface area contributed by atoms with E-state index in [1.54, 1.807) is 0 Å². The second kappa shape index (κ2) is 6.62. The SMILES string of the molecule is CC(=O)C(N)c1ccc(Cc2cncc(C(=O)O)c2)c(F)c1F. The number of rotatable bonds is 5. The number of carbonyl (C=O) groups excluding carboxylic acids is 1. The standard InChI is InChI=1S/C16H14F2N2O3/c1-8(21)15(19)12-3-2-10(13(17)14(12)18)4-9-5-11(16(22)23)7-20-6-9/h2-3,5-7,15H,4,19H2,1H3,(H,22,23). The summed E-state index contributed by atoms with van der Waals surface area (Å²) in [5.74, 6) is -3.92. The Morgan fingerprint density at radius 3 is 2.57 bits per heavy atom. The number of benzene rings is 1. The second-order valence-corrected chi connectivity index (χ2v) is 5.09. The van der Waals surface area contributed by atoms with Crippen molar-refractivity contribution in [2.75, 3.05) is 0 Å². The highest BCUT2D eigenvalue weighted by Crippen LogP contribution is 2.23. The number of pyridine rings is 1. The second-order valence-electron chi connectivity index (χ2n) is 5.09. The molecule has 1 aromatic carbocycles. The normalized spacial score (nSPS) is 12.0. The predicted octanol–water partition coefficient (Wildman–Crippen LogP) is 2.24. The molecule has 0 spiro atoms. The first-order chi connectivity index (χ1) is 10.8. The number of nitrogens with zero attached hydrogens (tertiary/aromatic N) is 1. The van der Waals surface area contributed by atoms with Crippen LogP contribution in [-0.2, 0) is 11.2 Å². The minimum atomic E-state index is -1.23. The maximum Gasteiger partial charge on any atom is 0.337 e. The molecule has 1 atom stereocenters. The Labute approximate surface area is 130 Å². The topological polar surface area (TPSA) is 93.3 Å². The lowest BCUT2D eigenvalue weighted by molar-refractivity contribution is -0.118. The van der Waals surface area contributed by atoms with Crippen LogP contribution in [0.1, 0.15) is 40.0 Å². The van der Waals surface area contributed by atoms with Crippen LogP contribution in [0.5, 0.6) is 0 Å². The summed E-state index contributed by atoms with van der Waals surface area (Å²) in [6, 6.07) is 2.69. The van der Waals surface area contributed by atoms with Gasteiger partial charge in [0.15, 0.2) is 17.4 Å². The molecule has 0 amide bonds. The van der Waals surface area contributed by atoms with Gasteiger partial charge in [-0.15, -0.1) is 0 Å². The maximum absolute atomic E-state index is 14.2. The number of carboxylic acids is 1. The van der Waals surface area contributed by atoms with Crippen molar-refractivity contribution in [1.82, 2.24) is 4.98 Å². The Hall–Kier alpha value is -2.67. The van der Waals surface area contributed by atoms with Crippen LogP contribution in [0.2, 0.25) is 0 Å². The molecule has 1 aromatic heterocycles. The number of ketones is 1. The molecule has 0 radical (unpaired) electrons. The fourth-order valence-corrected chi connectivity index (χ4v) is 2.12. The minimum Gasteiger partial charge on any atom is -0.478 e. The minimum absolute atomic E-state index is 0.0198. The summed E-state index contributed by atoms with van der Waals surface area (Å²) >= 11 is 0. The molecule has 2 aromatic rings. The average Bonchev–Trinajstić information content (AvgIpc) is 2.51. The van der Waals surface area contributed by atoms with Gasteiger partial charge in [0.1, 0.15) is 0 Å². The molecule has 7 heteroatoms. The van der Waals surface area contributed by atoms with Crippen LogP contribution in [0.25, 0.3) is 0 Å². The van der Waals surface area contributed by atoms with Gasteiger partial charge >= 0.3 is 5.97 Å². The van der Waals surface area contributed by atoms with E-state index in [2.05, 4.69) is 4.98 Å². The number of hydrogen-bond acceptors (Lipinski definition) is 4. The molecule has 5 nitrogen and oxygen atoms in total. The number of carboxylic acid groups (broad SMARTS) is 1. The zero-order valence-corrected chi connectivity index (χ0v) is 12.2. The van der Waals surface area contributed by atoms with Crippen LogP contribution >= 0.6 is 0 Å². The molecule has 0 aliphatic rings. The molecular formula is C16H14F2N2O3. The van der Waals surface area contributed by atoms with Crippen LogP contribution in [0, 0.1) is 11.6 Å². The number of nitrogens with two attached hydrogens (primary N) is 1. The monoisotopic (exact) mass is 320 g/mol. The Morgan fingerprint density at radius 1 is 1.26 bits per heavy atom. The van der Waals surface area contributed by atoms with E-state index in [1.165, 1.54) is 31.3 Å². The molecule has 0 saturated heterocycles. The first-order valence-corrected chi connectivity index (χ1v) is 6.71. The fraction of sp³-hybridized carbons (Fsp3) is 0.188. The molecule has 0 aliphatic heterocycles. The molecule has 1 unspecified atom stereocenters. The number of carbonyl (C=O) groups is 2. The van der Waals surface area contributed by atoms with Gasteiger partial charge in [-0.3, -0.25) is 9.78 Å². The van der Waals surface area contributed by atoms with E-state index >= 15 is 0 Å². The van der Waals surface area contributed by atoms with Crippen molar-refractivity contribution in [2.45, 2.75) is 19.4 Å². The molecule has 120 valence electrons. The summed E-state index contributed by atoms with van der Waals surface area (Å²) in [5.41, 5.74) is 5.72. The predicted molar refractivity (Wildman–Crippen MR) is 78.0 cm³/mol. The van der Waals surface area contributed by atoms with E-state index in [-0.39, 0.29) is 23.1 Å². The van der Waals surface area contributed by atoms with Crippen molar-refractivity contribution < 1.29 is 23.5 Å². The zero-order valence-electron chi connectivity index (χ0n) is 12.2. The molecule has 0 saturated carbocycles. The van der Waals surface area contributed by atoms with Crippen LogP contribution < -0.4 is 5.73 Å². The summed E-state index contributed by atoms with van der Waals surface area (Å²) in [5, 5.41) is 8.90. The Morgan fingerprint density at radius 2 is 1.96 bits per heavy atom. The average molecular weight is 320 g/mol. The molecule has 2 rings (SSSR count). The van der Waals surface area contributed by atoms with Gasteiger partial charge in [-0.2, -0.15) is 0 Å². The summed E-state index contributed by atoms with van der Waals surface area (Å²) in [6.07, 6.45) is 2.50. The highest BCUT2D eigenvalue weighted by Gasteiger charge is 2.21. The summed E-state index contributed by atoms with van der Waals surface area (Å²) in [6.45, 7) is 1.19. The Balaban J connectivity index is 2.35. The van der Waals surface area contributed by atoms with Gasteiger partial charge < -0.3 is 10.8 Å². The molecular weight excluding hydrogens is 306 g/mol. The van der Waals surface area contributed by atoms with Gasteiger partial charge in [0.2, 0.25) is 0 Å². The van der Waals surface area contributed by atoms with Crippen molar-refractivity contribution in [1.29, 1.82) is 0 Å². The third-order valence-electron chi connectivity index (χ3n) is 3.40.